The molecule has 0 bridgehead atoms. The van der Waals surface area contributed by atoms with E-state index in [-0.39, 0.29) is 6.61 Å². The van der Waals surface area contributed by atoms with Crippen molar-refractivity contribution in [1.82, 2.24) is 5.32 Å². The monoisotopic (exact) mass is 257 g/mol. The van der Waals surface area contributed by atoms with Gasteiger partial charge in [0.2, 0.25) is 0 Å². The molecule has 1 rings (SSSR count). The highest BCUT2D eigenvalue weighted by Crippen LogP contribution is 2.18. The van der Waals surface area contributed by atoms with Crippen LogP contribution < -0.4 is 5.32 Å². The molecule has 0 spiro atoms. The SMILES string of the molecule is CCCNC(C(=O)OCC)c1ccc(F)c(F)c1. The van der Waals surface area contributed by atoms with E-state index >= 15 is 0 Å². The molecule has 0 fully saturated rings. The van der Waals surface area contributed by atoms with E-state index in [2.05, 4.69) is 5.32 Å². The van der Waals surface area contributed by atoms with Crippen molar-refractivity contribution in [3.63, 3.8) is 0 Å². The van der Waals surface area contributed by atoms with Gasteiger partial charge in [-0.3, -0.25) is 0 Å². The Bertz CT molecular complexity index is 410. The molecular formula is C13H17F2NO2. The largest absolute Gasteiger partial charge is 0.465 e. The molecule has 1 unspecified atom stereocenters. The lowest BCUT2D eigenvalue weighted by molar-refractivity contribution is -0.145. The van der Waals surface area contributed by atoms with E-state index in [1.807, 2.05) is 6.92 Å². The van der Waals surface area contributed by atoms with Crippen LogP contribution in [-0.2, 0) is 9.53 Å². The van der Waals surface area contributed by atoms with E-state index < -0.39 is 23.6 Å². The molecule has 0 saturated carbocycles. The summed E-state index contributed by atoms with van der Waals surface area (Å²) < 4.78 is 30.9. The third-order valence-electron chi connectivity index (χ3n) is 2.40. The maximum atomic E-state index is 13.2. The van der Waals surface area contributed by atoms with Gasteiger partial charge in [0.15, 0.2) is 11.6 Å². The van der Waals surface area contributed by atoms with E-state index in [9.17, 15) is 13.6 Å². The molecule has 3 nitrogen and oxygen atoms in total. The lowest BCUT2D eigenvalue weighted by atomic mass is 10.1. The highest BCUT2D eigenvalue weighted by Gasteiger charge is 2.22. The second kappa shape index (κ2) is 7.06. The fourth-order valence-electron chi connectivity index (χ4n) is 1.54. The Morgan fingerprint density at radius 1 is 1.33 bits per heavy atom. The number of nitrogens with one attached hydrogen (secondary N) is 1. The second-order valence-corrected chi connectivity index (χ2v) is 3.81. The van der Waals surface area contributed by atoms with Gasteiger partial charge in [-0.2, -0.15) is 0 Å². The Hall–Kier alpha value is -1.49. The minimum absolute atomic E-state index is 0.243. The molecule has 1 aromatic rings. The topological polar surface area (TPSA) is 38.3 Å². The van der Waals surface area contributed by atoms with Crippen molar-refractivity contribution in [2.24, 2.45) is 0 Å². The summed E-state index contributed by atoms with van der Waals surface area (Å²) in [5, 5.41) is 2.95. The van der Waals surface area contributed by atoms with Crippen LogP contribution in [0.15, 0.2) is 18.2 Å². The van der Waals surface area contributed by atoms with Gasteiger partial charge in [-0.15, -0.1) is 0 Å². The maximum Gasteiger partial charge on any atom is 0.327 e. The van der Waals surface area contributed by atoms with Gasteiger partial charge in [0, 0.05) is 0 Å². The van der Waals surface area contributed by atoms with Crippen molar-refractivity contribution in [2.75, 3.05) is 13.2 Å². The fourth-order valence-corrected chi connectivity index (χ4v) is 1.54. The van der Waals surface area contributed by atoms with Crippen molar-refractivity contribution in [2.45, 2.75) is 26.3 Å². The number of hydrogen-bond acceptors (Lipinski definition) is 3. The van der Waals surface area contributed by atoms with Gasteiger partial charge in [0.1, 0.15) is 6.04 Å². The van der Waals surface area contributed by atoms with Gasteiger partial charge < -0.3 is 10.1 Å². The average Bonchev–Trinajstić information content (AvgIpc) is 2.34. The lowest BCUT2D eigenvalue weighted by Crippen LogP contribution is -2.31. The Labute approximate surface area is 105 Å². The molecule has 0 radical (unpaired) electrons. The summed E-state index contributed by atoms with van der Waals surface area (Å²) in [6.07, 6.45) is 0.819. The van der Waals surface area contributed by atoms with Gasteiger partial charge >= 0.3 is 5.97 Å². The van der Waals surface area contributed by atoms with Gasteiger partial charge in [0.05, 0.1) is 6.61 Å². The summed E-state index contributed by atoms with van der Waals surface area (Å²) in [6, 6.07) is 2.63. The molecule has 0 aliphatic carbocycles. The predicted molar refractivity (Wildman–Crippen MR) is 64.0 cm³/mol. The first-order valence-corrected chi connectivity index (χ1v) is 5.95. The number of halogens is 2. The molecule has 0 saturated heterocycles. The molecule has 1 aromatic carbocycles. The number of ether oxygens (including phenoxy) is 1. The number of benzene rings is 1. The predicted octanol–water partition coefficient (Wildman–Crippen LogP) is 2.57. The Kier molecular flexibility index (Phi) is 5.71. The van der Waals surface area contributed by atoms with E-state index in [0.29, 0.717) is 12.1 Å². The third kappa shape index (κ3) is 3.77. The van der Waals surface area contributed by atoms with Gasteiger partial charge in [0.25, 0.3) is 0 Å². The normalized spacial score (nSPS) is 12.2. The Morgan fingerprint density at radius 3 is 2.61 bits per heavy atom. The van der Waals surface area contributed by atoms with Crippen molar-refractivity contribution in [1.29, 1.82) is 0 Å². The maximum absolute atomic E-state index is 13.2. The Morgan fingerprint density at radius 2 is 2.06 bits per heavy atom. The molecule has 0 heterocycles. The van der Waals surface area contributed by atoms with E-state index in [1.165, 1.54) is 6.07 Å². The lowest BCUT2D eigenvalue weighted by Gasteiger charge is -2.17. The van der Waals surface area contributed by atoms with Crippen LogP contribution in [0.5, 0.6) is 0 Å². The number of carbonyl (C=O) groups excluding carboxylic acids is 1. The van der Waals surface area contributed by atoms with Crippen molar-refractivity contribution < 1.29 is 18.3 Å². The summed E-state index contributed by atoms with van der Waals surface area (Å²) in [6.45, 7) is 4.47. The number of rotatable bonds is 6. The first-order chi connectivity index (χ1) is 8.60. The first-order valence-electron chi connectivity index (χ1n) is 5.95. The summed E-state index contributed by atoms with van der Waals surface area (Å²) in [7, 11) is 0. The zero-order valence-corrected chi connectivity index (χ0v) is 10.5. The molecule has 0 aliphatic rings. The molecule has 18 heavy (non-hydrogen) atoms. The fraction of sp³-hybridized carbons (Fsp3) is 0.462. The van der Waals surface area contributed by atoms with Crippen LogP contribution in [0.4, 0.5) is 8.78 Å². The first kappa shape index (κ1) is 14.6. The van der Waals surface area contributed by atoms with Gasteiger partial charge in [-0.05, 0) is 37.6 Å². The standard InChI is InChI=1S/C13H17F2NO2/c1-3-7-16-12(13(17)18-4-2)9-5-6-10(14)11(15)8-9/h5-6,8,12,16H,3-4,7H2,1-2H3. The van der Waals surface area contributed by atoms with Crippen LogP contribution in [0.3, 0.4) is 0 Å². The summed E-state index contributed by atoms with van der Waals surface area (Å²) in [4.78, 5) is 11.7. The molecule has 0 aromatic heterocycles. The molecule has 5 heteroatoms. The highest BCUT2D eigenvalue weighted by molar-refractivity contribution is 5.77. The smallest absolute Gasteiger partial charge is 0.327 e. The quantitative estimate of drug-likeness (QED) is 0.796. The van der Waals surface area contributed by atoms with E-state index in [0.717, 1.165) is 18.6 Å². The molecular weight excluding hydrogens is 240 g/mol. The van der Waals surface area contributed by atoms with Gasteiger partial charge in [-0.1, -0.05) is 13.0 Å². The molecule has 0 aliphatic heterocycles. The number of esters is 1. The van der Waals surface area contributed by atoms with Crippen LogP contribution in [0.1, 0.15) is 31.9 Å². The Balaban J connectivity index is 2.93. The average molecular weight is 257 g/mol. The van der Waals surface area contributed by atoms with E-state index in [1.54, 1.807) is 6.92 Å². The summed E-state index contributed by atoms with van der Waals surface area (Å²) >= 11 is 0. The third-order valence-corrected chi connectivity index (χ3v) is 2.40. The van der Waals surface area contributed by atoms with Crippen LogP contribution in [0, 0.1) is 11.6 Å². The minimum Gasteiger partial charge on any atom is -0.465 e. The highest BCUT2D eigenvalue weighted by atomic mass is 19.2. The van der Waals surface area contributed by atoms with Gasteiger partial charge in [-0.25, -0.2) is 13.6 Å². The molecule has 0 amide bonds. The number of hydrogen-bond donors (Lipinski definition) is 1. The zero-order valence-electron chi connectivity index (χ0n) is 10.5. The second-order valence-electron chi connectivity index (χ2n) is 3.81. The molecule has 100 valence electrons. The van der Waals surface area contributed by atoms with Crippen molar-refractivity contribution in [3.8, 4) is 0 Å². The van der Waals surface area contributed by atoms with Crippen LogP contribution in [0.25, 0.3) is 0 Å². The van der Waals surface area contributed by atoms with Crippen molar-refractivity contribution in [3.05, 3.63) is 35.4 Å². The minimum atomic E-state index is -0.972. The number of carbonyl (C=O) groups is 1. The van der Waals surface area contributed by atoms with Crippen molar-refractivity contribution >= 4 is 5.97 Å². The van der Waals surface area contributed by atoms with E-state index in [4.69, 9.17) is 4.74 Å². The molecule has 1 N–H and O–H groups in total. The van der Waals surface area contributed by atoms with Crippen LogP contribution in [-0.4, -0.2) is 19.1 Å². The zero-order chi connectivity index (χ0) is 13.5. The van der Waals surface area contributed by atoms with Crippen LogP contribution >= 0.6 is 0 Å². The summed E-state index contributed by atoms with van der Waals surface area (Å²) in [5.41, 5.74) is 0.362. The summed E-state index contributed by atoms with van der Waals surface area (Å²) in [5.74, 6) is -2.39. The van der Waals surface area contributed by atoms with Crippen LogP contribution in [0.2, 0.25) is 0 Å². The molecule has 1 atom stereocenters.